The van der Waals surface area contributed by atoms with Crippen LogP contribution >= 0.6 is 0 Å². The van der Waals surface area contributed by atoms with Crippen LogP contribution in [0.2, 0.25) is 0 Å². The maximum absolute atomic E-state index is 9.35. The second-order valence-corrected chi connectivity index (χ2v) is 4.01. The second kappa shape index (κ2) is 6.12. The van der Waals surface area contributed by atoms with E-state index in [0.29, 0.717) is 0 Å². The fourth-order valence-electron chi connectivity index (χ4n) is 1.88. The lowest BCUT2D eigenvalue weighted by atomic mass is 10.2. The number of anilines is 1. The summed E-state index contributed by atoms with van der Waals surface area (Å²) in [5, 5.41) is 9.35. The minimum atomic E-state index is 0.00994. The molecule has 0 spiro atoms. The Kier molecular flexibility index (Phi) is 4.25. The van der Waals surface area contributed by atoms with Crippen molar-refractivity contribution in [1.82, 2.24) is 9.97 Å². The molecule has 4 nitrogen and oxygen atoms in total. The lowest BCUT2D eigenvalue weighted by Crippen LogP contribution is -2.24. The summed E-state index contributed by atoms with van der Waals surface area (Å²) < 4.78 is 0. The normalized spacial score (nSPS) is 10.3. The molecule has 0 aliphatic rings. The van der Waals surface area contributed by atoms with Crippen molar-refractivity contribution in [1.29, 1.82) is 0 Å². The Morgan fingerprint density at radius 1 is 1.17 bits per heavy atom. The number of hydrogen-bond donors (Lipinski definition) is 1. The molecule has 0 atom stereocenters. The van der Waals surface area contributed by atoms with Crippen LogP contribution < -0.4 is 4.90 Å². The first-order valence-electron chi connectivity index (χ1n) is 6.03. The number of aromatic nitrogens is 2. The summed E-state index contributed by atoms with van der Waals surface area (Å²) in [6.07, 6.45) is 5.33. The zero-order chi connectivity index (χ0) is 12.8. The van der Waals surface area contributed by atoms with Crippen molar-refractivity contribution < 1.29 is 5.11 Å². The van der Waals surface area contributed by atoms with Crippen LogP contribution in [0.4, 0.5) is 5.82 Å². The second-order valence-electron chi connectivity index (χ2n) is 4.01. The van der Waals surface area contributed by atoms with E-state index in [1.165, 1.54) is 5.56 Å². The van der Waals surface area contributed by atoms with Gasteiger partial charge in [0.1, 0.15) is 5.82 Å². The van der Waals surface area contributed by atoms with Crippen molar-refractivity contribution in [2.45, 2.75) is 20.1 Å². The van der Waals surface area contributed by atoms with Crippen LogP contribution in [-0.2, 0) is 13.2 Å². The molecule has 0 bridgehead atoms. The zero-order valence-corrected chi connectivity index (χ0v) is 10.5. The Bertz CT molecular complexity index is 487. The van der Waals surface area contributed by atoms with Crippen LogP contribution in [0, 0.1) is 0 Å². The third-order valence-corrected chi connectivity index (χ3v) is 2.84. The molecule has 0 aromatic carbocycles. The molecule has 0 radical (unpaired) electrons. The van der Waals surface area contributed by atoms with Gasteiger partial charge in [0.25, 0.3) is 0 Å². The van der Waals surface area contributed by atoms with Crippen LogP contribution in [0.1, 0.15) is 18.1 Å². The van der Waals surface area contributed by atoms with Gasteiger partial charge in [0.15, 0.2) is 0 Å². The van der Waals surface area contributed by atoms with E-state index in [2.05, 4.69) is 21.8 Å². The first-order chi connectivity index (χ1) is 8.85. The van der Waals surface area contributed by atoms with E-state index >= 15 is 0 Å². The van der Waals surface area contributed by atoms with E-state index < -0.39 is 0 Å². The van der Waals surface area contributed by atoms with Crippen LogP contribution in [0.25, 0.3) is 0 Å². The summed E-state index contributed by atoms with van der Waals surface area (Å²) in [5.41, 5.74) is 2.04. The Morgan fingerprint density at radius 2 is 1.94 bits per heavy atom. The molecule has 1 N–H and O–H groups in total. The zero-order valence-electron chi connectivity index (χ0n) is 10.5. The van der Waals surface area contributed by atoms with Gasteiger partial charge in [-0.25, -0.2) is 4.98 Å². The summed E-state index contributed by atoms with van der Waals surface area (Å²) in [7, 11) is 0. The van der Waals surface area contributed by atoms with Crippen LogP contribution in [-0.4, -0.2) is 21.6 Å². The Balaban J connectivity index is 2.23. The van der Waals surface area contributed by atoms with E-state index in [1.807, 2.05) is 24.3 Å². The van der Waals surface area contributed by atoms with E-state index in [1.54, 1.807) is 18.6 Å². The Labute approximate surface area is 107 Å². The average Bonchev–Trinajstić information content (AvgIpc) is 2.46. The first kappa shape index (κ1) is 12.5. The summed E-state index contributed by atoms with van der Waals surface area (Å²) in [4.78, 5) is 10.5. The van der Waals surface area contributed by atoms with Crippen molar-refractivity contribution in [3.63, 3.8) is 0 Å². The highest BCUT2D eigenvalue weighted by atomic mass is 16.3. The number of hydrogen-bond acceptors (Lipinski definition) is 4. The van der Waals surface area contributed by atoms with Gasteiger partial charge < -0.3 is 10.0 Å². The van der Waals surface area contributed by atoms with Crippen LogP contribution in [0.3, 0.4) is 0 Å². The molecule has 18 heavy (non-hydrogen) atoms. The fourth-order valence-corrected chi connectivity index (χ4v) is 1.88. The van der Waals surface area contributed by atoms with Crippen molar-refractivity contribution in [2.24, 2.45) is 0 Å². The number of pyridine rings is 2. The predicted molar refractivity (Wildman–Crippen MR) is 71.1 cm³/mol. The van der Waals surface area contributed by atoms with Gasteiger partial charge in [-0.3, -0.25) is 4.98 Å². The molecule has 0 amide bonds. The molecule has 2 aromatic rings. The Morgan fingerprint density at radius 3 is 2.61 bits per heavy atom. The van der Waals surface area contributed by atoms with Crippen LogP contribution in [0.5, 0.6) is 0 Å². The van der Waals surface area contributed by atoms with Gasteiger partial charge in [-0.1, -0.05) is 6.07 Å². The molecule has 0 aliphatic carbocycles. The molecule has 0 saturated carbocycles. The van der Waals surface area contributed by atoms with E-state index in [4.69, 9.17) is 0 Å². The van der Waals surface area contributed by atoms with Gasteiger partial charge >= 0.3 is 0 Å². The van der Waals surface area contributed by atoms with Crippen LogP contribution in [0.15, 0.2) is 42.9 Å². The summed E-state index contributed by atoms with van der Waals surface area (Å²) in [5.74, 6) is 0.847. The van der Waals surface area contributed by atoms with Crippen molar-refractivity contribution in [2.75, 3.05) is 11.4 Å². The van der Waals surface area contributed by atoms with Gasteiger partial charge in [0.05, 0.1) is 6.61 Å². The summed E-state index contributed by atoms with van der Waals surface area (Å²) in [6.45, 7) is 3.70. The highest BCUT2D eigenvalue weighted by Gasteiger charge is 2.10. The van der Waals surface area contributed by atoms with Crippen molar-refractivity contribution in [3.05, 3.63) is 54.0 Å². The molecular formula is C14H17N3O. The topological polar surface area (TPSA) is 49.2 Å². The number of nitrogens with zero attached hydrogens (tertiary/aromatic N) is 3. The molecular weight excluding hydrogens is 226 g/mol. The van der Waals surface area contributed by atoms with Gasteiger partial charge in [0, 0.05) is 37.2 Å². The van der Waals surface area contributed by atoms with Gasteiger partial charge in [0.2, 0.25) is 0 Å². The fraction of sp³-hybridized carbons (Fsp3) is 0.286. The smallest absolute Gasteiger partial charge is 0.134 e. The third kappa shape index (κ3) is 2.84. The number of aliphatic hydroxyl groups is 1. The maximum Gasteiger partial charge on any atom is 0.134 e. The largest absolute Gasteiger partial charge is 0.392 e. The maximum atomic E-state index is 9.35. The highest BCUT2D eigenvalue weighted by molar-refractivity contribution is 5.46. The van der Waals surface area contributed by atoms with Crippen molar-refractivity contribution >= 4 is 5.82 Å². The quantitative estimate of drug-likeness (QED) is 0.872. The van der Waals surface area contributed by atoms with E-state index in [9.17, 15) is 5.11 Å². The molecule has 2 aromatic heterocycles. The van der Waals surface area contributed by atoms with Gasteiger partial charge in [-0.15, -0.1) is 0 Å². The predicted octanol–water partition coefficient (Wildman–Crippen LogP) is 2.00. The monoisotopic (exact) mass is 243 g/mol. The molecule has 0 fully saturated rings. The summed E-state index contributed by atoms with van der Waals surface area (Å²) in [6, 6.07) is 7.72. The standard InChI is InChI=1S/C14H17N3O/c1-2-17(10-12-5-8-15-9-6-12)14-13(11-18)4-3-7-16-14/h3-9,18H,2,10-11H2,1H3. The molecule has 2 heterocycles. The average molecular weight is 243 g/mol. The molecule has 0 saturated heterocycles. The molecule has 94 valence electrons. The molecule has 0 aliphatic heterocycles. The van der Waals surface area contributed by atoms with E-state index in [0.717, 1.165) is 24.5 Å². The molecule has 4 heteroatoms. The van der Waals surface area contributed by atoms with Crippen molar-refractivity contribution in [3.8, 4) is 0 Å². The minimum absolute atomic E-state index is 0.00994. The SMILES string of the molecule is CCN(Cc1ccncc1)c1ncccc1CO. The minimum Gasteiger partial charge on any atom is -0.392 e. The third-order valence-electron chi connectivity index (χ3n) is 2.84. The molecule has 2 rings (SSSR count). The highest BCUT2D eigenvalue weighted by Crippen LogP contribution is 2.19. The molecule has 0 unspecified atom stereocenters. The lowest BCUT2D eigenvalue weighted by Gasteiger charge is -2.23. The number of aliphatic hydroxyl groups excluding tert-OH is 1. The lowest BCUT2D eigenvalue weighted by molar-refractivity contribution is 0.281. The number of rotatable bonds is 5. The van der Waals surface area contributed by atoms with Gasteiger partial charge in [-0.2, -0.15) is 0 Å². The van der Waals surface area contributed by atoms with Gasteiger partial charge in [-0.05, 0) is 30.7 Å². The summed E-state index contributed by atoms with van der Waals surface area (Å²) >= 11 is 0. The Hall–Kier alpha value is -1.94. The first-order valence-corrected chi connectivity index (χ1v) is 6.03. The van der Waals surface area contributed by atoms with E-state index in [-0.39, 0.29) is 6.61 Å².